The van der Waals surface area contributed by atoms with Gasteiger partial charge in [0.25, 0.3) is 0 Å². The third-order valence-electron chi connectivity index (χ3n) is 5.56. The molecule has 2 aromatic rings. The Bertz CT molecular complexity index is 916. The minimum absolute atomic E-state index is 0.0192. The molecule has 1 aliphatic heterocycles. The third kappa shape index (κ3) is 5.01. The van der Waals surface area contributed by atoms with Gasteiger partial charge in [-0.25, -0.2) is 9.38 Å². The maximum absolute atomic E-state index is 14.2. The number of hydrogen-bond donors (Lipinski definition) is 1. The Morgan fingerprint density at radius 2 is 2.03 bits per heavy atom. The summed E-state index contributed by atoms with van der Waals surface area (Å²) in [5, 5.41) is 0. The summed E-state index contributed by atoms with van der Waals surface area (Å²) in [6.45, 7) is 8.80. The van der Waals surface area contributed by atoms with Crippen LogP contribution in [0.3, 0.4) is 0 Å². The summed E-state index contributed by atoms with van der Waals surface area (Å²) in [5.74, 6) is 0.776. The van der Waals surface area contributed by atoms with Crippen molar-refractivity contribution >= 4 is 5.84 Å². The number of halogens is 1. The fraction of sp³-hybridized carbons (Fsp3) is 0.320. The Labute approximate surface area is 173 Å². The molecule has 0 aliphatic carbocycles. The Morgan fingerprint density at radius 3 is 2.76 bits per heavy atom. The van der Waals surface area contributed by atoms with Crippen molar-refractivity contribution in [2.75, 3.05) is 6.54 Å². The zero-order valence-electron chi connectivity index (χ0n) is 17.3. The fourth-order valence-electron chi connectivity index (χ4n) is 4.09. The van der Waals surface area contributed by atoms with Crippen LogP contribution in [0.25, 0.3) is 11.1 Å². The molecule has 0 fully saturated rings. The van der Waals surface area contributed by atoms with E-state index in [1.807, 2.05) is 37.3 Å². The van der Waals surface area contributed by atoms with E-state index in [9.17, 15) is 4.39 Å². The molecule has 2 atom stereocenters. The third-order valence-corrected chi connectivity index (χ3v) is 5.56. The lowest BCUT2D eigenvalue weighted by molar-refractivity contribution is 0.263. The molecule has 0 spiro atoms. The minimum atomic E-state index is -0.202. The molecular weight excluding hydrogens is 361 g/mol. The summed E-state index contributed by atoms with van der Waals surface area (Å²) >= 11 is 0. The zero-order valence-corrected chi connectivity index (χ0v) is 17.3. The largest absolute Gasteiger partial charge is 0.356 e. The second-order valence-corrected chi connectivity index (χ2v) is 7.49. The van der Waals surface area contributed by atoms with Crippen LogP contribution in [0.15, 0.2) is 78.0 Å². The Hall–Kier alpha value is -2.72. The molecular formula is C25H30FN3. The number of allylic oxidation sites excluding steroid dienone is 3. The number of amidine groups is 1. The standard InChI is InChI=1S/C25H30FN3/c1-4-9-21-14-15-24(27)25(29(5-2)18(3)28-21)17-19-10-8-11-20(16-19)22-12-6-7-13-23(22)26/h4,6-13,16,24-25H,1,5,14-15,17,27H2,2-3H3/b21-9-,28-18-. The molecule has 0 radical (unpaired) electrons. The van der Waals surface area contributed by atoms with Crippen molar-refractivity contribution in [1.82, 2.24) is 4.90 Å². The van der Waals surface area contributed by atoms with Crippen molar-refractivity contribution in [2.45, 2.75) is 45.2 Å². The van der Waals surface area contributed by atoms with E-state index in [2.05, 4.69) is 30.5 Å². The van der Waals surface area contributed by atoms with Crippen LogP contribution >= 0.6 is 0 Å². The molecule has 1 heterocycles. The molecule has 0 bridgehead atoms. The van der Waals surface area contributed by atoms with Crippen molar-refractivity contribution in [3.63, 3.8) is 0 Å². The van der Waals surface area contributed by atoms with Crippen LogP contribution in [0.5, 0.6) is 0 Å². The second-order valence-electron chi connectivity index (χ2n) is 7.49. The molecule has 3 nitrogen and oxygen atoms in total. The van der Waals surface area contributed by atoms with Gasteiger partial charge in [-0.15, -0.1) is 0 Å². The van der Waals surface area contributed by atoms with E-state index in [1.165, 1.54) is 6.07 Å². The molecule has 1 aliphatic rings. The maximum atomic E-state index is 14.2. The van der Waals surface area contributed by atoms with Gasteiger partial charge in [0.15, 0.2) is 0 Å². The van der Waals surface area contributed by atoms with Crippen LogP contribution in [0.2, 0.25) is 0 Å². The molecule has 3 rings (SSSR count). The molecule has 152 valence electrons. The first-order chi connectivity index (χ1) is 14.0. The first-order valence-corrected chi connectivity index (χ1v) is 10.3. The predicted octanol–water partition coefficient (Wildman–Crippen LogP) is 5.34. The van der Waals surface area contributed by atoms with Crippen LogP contribution in [0.4, 0.5) is 4.39 Å². The van der Waals surface area contributed by atoms with Gasteiger partial charge in [-0.3, -0.25) is 0 Å². The summed E-state index contributed by atoms with van der Waals surface area (Å²) in [6.07, 6.45) is 6.24. The minimum Gasteiger partial charge on any atom is -0.356 e. The Morgan fingerprint density at radius 1 is 1.24 bits per heavy atom. The smallest absolute Gasteiger partial charge is 0.131 e. The number of hydrogen-bond acceptors (Lipinski definition) is 3. The van der Waals surface area contributed by atoms with E-state index < -0.39 is 0 Å². The number of nitrogens with zero attached hydrogens (tertiary/aromatic N) is 2. The molecule has 0 amide bonds. The van der Waals surface area contributed by atoms with E-state index in [4.69, 9.17) is 10.7 Å². The summed E-state index contributed by atoms with van der Waals surface area (Å²) in [7, 11) is 0. The summed E-state index contributed by atoms with van der Waals surface area (Å²) in [6, 6.07) is 15.2. The topological polar surface area (TPSA) is 41.6 Å². The number of nitrogens with two attached hydrogens (primary N) is 1. The van der Waals surface area contributed by atoms with Gasteiger partial charge in [0, 0.05) is 29.9 Å². The first kappa shape index (κ1) is 21.0. The van der Waals surface area contributed by atoms with Gasteiger partial charge in [0.05, 0.1) is 0 Å². The molecule has 2 aromatic carbocycles. The van der Waals surface area contributed by atoms with E-state index in [0.717, 1.165) is 48.5 Å². The first-order valence-electron chi connectivity index (χ1n) is 10.3. The van der Waals surface area contributed by atoms with Crippen molar-refractivity contribution in [3.05, 3.63) is 84.3 Å². The van der Waals surface area contributed by atoms with E-state index >= 15 is 0 Å². The van der Waals surface area contributed by atoms with Gasteiger partial charge in [-0.05, 0) is 56.4 Å². The lowest BCUT2D eigenvalue weighted by Gasteiger charge is -2.38. The van der Waals surface area contributed by atoms with Crippen LogP contribution in [0, 0.1) is 5.82 Å². The van der Waals surface area contributed by atoms with E-state index in [1.54, 1.807) is 12.1 Å². The van der Waals surface area contributed by atoms with Crippen molar-refractivity contribution in [2.24, 2.45) is 10.7 Å². The number of rotatable bonds is 5. The van der Waals surface area contributed by atoms with Gasteiger partial charge in [-0.1, -0.05) is 55.1 Å². The molecule has 2 unspecified atom stereocenters. The van der Waals surface area contributed by atoms with Gasteiger partial charge < -0.3 is 10.6 Å². The lowest BCUT2D eigenvalue weighted by Crippen LogP contribution is -2.51. The van der Waals surface area contributed by atoms with Gasteiger partial charge >= 0.3 is 0 Å². The van der Waals surface area contributed by atoms with Crippen LogP contribution in [0.1, 0.15) is 32.3 Å². The van der Waals surface area contributed by atoms with Crippen molar-refractivity contribution in [3.8, 4) is 11.1 Å². The van der Waals surface area contributed by atoms with Crippen LogP contribution in [-0.2, 0) is 6.42 Å². The van der Waals surface area contributed by atoms with Gasteiger partial charge in [0.1, 0.15) is 11.7 Å². The molecule has 0 saturated carbocycles. The van der Waals surface area contributed by atoms with Crippen LogP contribution < -0.4 is 5.73 Å². The Kier molecular flexibility index (Phi) is 6.99. The molecule has 0 saturated heterocycles. The Balaban J connectivity index is 1.91. The van der Waals surface area contributed by atoms with E-state index in [0.29, 0.717) is 5.56 Å². The number of aliphatic imine (C=N–C) groups is 1. The monoisotopic (exact) mass is 391 g/mol. The van der Waals surface area contributed by atoms with Gasteiger partial charge in [0.2, 0.25) is 0 Å². The molecule has 4 heteroatoms. The van der Waals surface area contributed by atoms with Crippen LogP contribution in [-0.4, -0.2) is 29.4 Å². The highest BCUT2D eigenvalue weighted by molar-refractivity contribution is 5.81. The number of benzene rings is 2. The van der Waals surface area contributed by atoms with Crippen molar-refractivity contribution < 1.29 is 4.39 Å². The van der Waals surface area contributed by atoms with E-state index in [-0.39, 0.29) is 17.9 Å². The summed E-state index contributed by atoms with van der Waals surface area (Å²) in [4.78, 5) is 7.10. The zero-order chi connectivity index (χ0) is 20.8. The average molecular weight is 392 g/mol. The van der Waals surface area contributed by atoms with Gasteiger partial charge in [-0.2, -0.15) is 0 Å². The fourth-order valence-corrected chi connectivity index (χ4v) is 4.09. The normalized spacial score (nSPS) is 23.2. The molecule has 0 aromatic heterocycles. The lowest BCUT2D eigenvalue weighted by atomic mass is 9.92. The summed E-state index contributed by atoms with van der Waals surface area (Å²) in [5.41, 5.74) is 10.3. The highest BCUT2D eigenvalue weighted by atomic mass is 19.1. The molecule has 2 N–H and O–H groups in total. The predicted molar refractivity (Wildman–Crippen MR) is 120 cm³/mol. The highest BCUT2D eigenvalue weighted by Crippen LogP contribution is 2.26. The SMILES string of the molecule is C=C/C=C1CCC(N)C(Cc2cccc(-c3ccccc3F)c2)N(CC)\C(C)=N/1. The highest BCUT2D eigenvalue weighted by Gasteiger charge is 2.27. The second kappa shape index (κ2) is 9.66. The van der Waals surface area contributed by atoms with Crippen molar-refractivity contribution in [1.29, 1.82) is 0 Å². The summed E-state index contributed by atoms with van der Waals surface area (Å²) < 4.78 is 14.2. The average Bonchev–Trinajstić information content (AvgIpc) is 2.71. The number of likely N-dealkylation sites (N-methyl/N-ethyl adjacent to an activating group) is 1. The maximum Gasteiger partial charge on any atom is 0.131 e. The quantitative estimate of drug-likeness (QED) is 0.748. The molecule has 29 heavy (non-hydrogen) atoms.